The smallest absolute Gasteiger partial charge is 0.137 e. The summed E-state index contributed by atoms with van der Waals surface area (Å²) in [6.07, 6.45) is 4.43. The molecule has 0 saturated heterocycles. The van der Waals surface area contributed by atoms with E-state index in [0.29, 0.717) is 13.2 Å². The fourth-order valence-electron chi connectivity index (χ4n) is 2.29. The SMILES string of the molecule is CCCOc1cncc(C(NN)C(OCC)C(C)(C)C)c1. The maximum Gasteiger partial charge on any atom is 0.137 e. The fraction of sp³-hybridized carbons (Fsp3) is 0.688. The van der Waals surface area contributed by atoms with Gasteiger partial charge in [0.1, 0.15) is 5.75 Å². The van der Waals surface area contributed by atoms with Crippen LogP contribution in [0.3, 0.4) is 0 Å². The van der Waals surface area contributed by atoms with Crippen LogP contribution in [-0.4, -0.2) is 24.3 Å². The number of hydrazine groups is 1. The normalized spacial score (nSPS) is 14.8. The van der Waals surface area contributed by atoms with E-state index in [4.69, 9.17) is 15.3 Å². The molecule has 5 nitrogen and oxygen atoms in total. The van der Waals surface area contributed by atoms with E-state index in [0.717, 1.165) is 17.7 Å². The molecule has 3 N–H and O–H groups in total. The summed E-state index contributed by atoms with van der Waals surface area (Å²) in [5, 5.41) is 0. The molecule has 0 fully saturated rings. The average molecular weight is 295 g/mol. The predicted molar refractivity (Wildman–Crippen MR) is 85.0 cm³/mol. The molecular formula is C16H29N3O2. The van der Waals surface area contributed by atoms with Gasteiger partial charge in [0.05, 0.1) is 24.9 Å². The van der Waals surface area contributed by atoms with Crippen LogP contribution in [0.25, 0.3) is 0 Å². The van der Waals surface area contributed by atoms with Crippen molar-refractivity contribution in [1.82, 2.24) is 10.4 Å². The molecule has 120 valence electrons. The molecular weight excluding hydrogens is 266 g/mol. The first kappa shape index (κ1) is 17.9. The van der Waals surface area contributed by atoms with Gasteiger partial charge in [-0.25, -0.2) is 0 Å². The standard InChI is InChI=1S/C16H29N3O2/c1-6-8-21-13-9-12(10-18-11-13)14(19-17)15(20-7-2)16(3,4)5/h9-11,14-15,19H,6-8,17H2,1-5H3. The molecule has 0 aliphatic rings. The summed E-state index contributed by atoms with van der Waals surface area (Å²) < 4.78 is 11.6. The molecule has 1 rings (SSSR count). The highest BCUT2D eigenvalue weighted by atomic mass is 16.5. The highest BCUT2D eigenvalue weighted by Gasteiger charge is 2.33. The van der Waals surface area contributed by atoms with Crippen molar-refractivity contribution in [1.29, 1.82) is 0 Å². The molecule has 1 aromatic rings. The zero-order valence-corrected chi connectivity index (χ0v) is 13.8. The van der Waals surface area contributed by atoms with Crippen LogP contribution in [0.4, 0.5) is 0 Å². The van der Waals surface area contributed by atoms with E-state index in [1.54, 1.807) is 12.4 Å². The Kier molecular flexibility index (Phi) is 7.08. The van der Waals surface area contributed by atoms with E-state index < -0.39 is 0 Å². The number of pyridine rings is 1. The summed E-state index contributed by atoms with van der Waals surface area (Å²) >= 11 is 0. The minimum absolute atomic E-state index is 0.0483. The minimum atomic E-state index is -0.136. The van der Waals surface area contributed by atoms with Crippen LogP contribution in [-0.2, 0) is 4.74 Å². The molecule has 0 radical (unpaired) electrons. The zero-order chi connectivity index (χ0) is 15.9. The maximum absolute atomic E-state index is 5.92. The van der Waals surface area contributed by atoms with Crippen LogP contribution in [0.1, 0.15) is 52.6 Å². The zero-order valence-electron chi connectivity index (χ0n) is 13.8. The quantitative estimate of drug-likeness (QED) is 0.570. The third-order valence-corrected chi connectivity index (χ3v) is 3.25. The van der Waals surface area contributed by atoms with Crippen molar-refractivity contribution in [2.24, 2.45) is 11.3 Å². The first-order valence-corrected chi connectivity index (χ1v) is 7.59. The number of nitrogens with one attached hydrogen (secondary N) is 1. The molecule has 21 heavy (non-hydrogen) atoms. The van der Waals surface area contributed by atoms with Crippen molar-refractivity contribution >= 4 is 0 Å². The van der Waals surface area contributed by atoms with Crippen LogP contribution >= 0.6 is 0 Å². The van der Waals surface area contributed by atoms with Gasteiger partial charge >= 0.3 is 0 Å². The molecule has 0 saturated carbocycles. The molecule has 0 aliphatic carbocycles. The van der Waals surface area contributed by atoms with Crippen molar-refractivity contribution < 1.29 is 9.47 Å². The van der Waals surface area contributed by atoms with Gasteiger partial charge < -0.3 is 9.47 Å². The van der Waals surface area contributed by atoms with Gasteiger partial charge in [-0.05, 0) is 30.4 Å². The monoisotopic (exact) mass is 295 g/mol. The number of nitrogens with two attached hydrogens (primary N) is 1. The van der Waals surface area contributed by atoms with E-state index >= 15 is 0 Å². The second kappa shape index (κ2) is 8.32. The topological polar surface area (TPSA) is 69.4 Å². The number of ether oxygens (including phenoxy) is 2. The van der Waals surface area contributed by atoms with E-state index in [2.05, 4.69) is 38.1 Å². The van der Waals surface area contributed by atoms with Gasteiger partial charge in [-0.15, -0.1) is 0 Å². The van der Waals surface area contributed by atoms with Gasteiger partial charge in [0.2, 0.25) is 0 Å². The molecule has 2 atom stereocenters. The first-order valence-electron chi connectivity index (χ1n) is 7.59. The first-order chi connectivity index (χ1) is 9.93. The number of aromatic nitrogens is 1. The molecule has 1 aromatic heterocycles. The molecule has 2 unspecified atom stereocenters. The van der Waals surface area contributed by atoms with E-state index in [1.807, 2.05) is 13.0 Å². The molecule has 0 spiro atoms. The lowest BCUT2D eigenvalue weighted by atomic mass is 9.82. The van der Waals surface area contributed by atoms with E-state index in [9.17, 15) is 0 Å². The van der Waals surface area contributed by atoms with Gasteiger partial charge in [-0.3, -0.25) is 16.3 Å². The van der Waals surface area contributed by atoms with Crippen LogP contribution in [0, 0.1) is 5.41 Å². The van der Waals surface area contributed by atoms with Crippen molar-refractivity contribution in [3.05, 3.63) is 24.0 Å². The molecule has 5 heteroatoms. The number of hydrogen-bond donors (Lipinski definition) is 2. The number of nitrogens with zero attached hydrogens (tertiary/aromatic N) is 1. The van der Waals surface area contributed by atoms with Gasteiger partial charge in [0.15, 0.2) is 0 Å². The summed E-state index contributed by atoms with van der Waals surface area (Å²) in [4.78, 5) is 4.25. The Labute approximate surface area is 128 Å². The summed E-state index contributed by atoms with van der Waals surface area (Å²) in [7, 11) is 0. The highest BCUT2D eigenvalue weighted by molar-refractivity contribution is 5.27. The Morgan fingerprint density at radius 2 is 2.00 bits per heavy atom. The molecule has 1 heterocycles. The van der Waals surface area contributed by atoms with Crippen molar-refractivity contribution in [3.63, 3.8) is 0 Å². The summed E-state index contributed by atoms with van der Waals surface area (Å²) in [6.45, 7) is 11.8. The van der Waals surface area contributed by atoms with Gasteiger partial charge in [0.25, 0.3) is 0 Å². The van der Waals surface area contributed by atoms with Crippen molar-refractivity contribution in [3.8, 4) is 5.75 Å². The lowest BCUT2D eigenvalue weighted by molar-refractivity contribution is -0.0367. The van der Waals surface area contributed by atoms with Crippen molar-refractivity contribution in [2.45, 2.75) is 53.2 Å². The summed E-state index contributed by atoms with van der Waals surface area (Å²) in [5.74, 6) is 6.55. The van der Waals surface area contributed by atoms with Gasteiger partial charge in [-0.2, -0.15) is 0 Å². The van der Waals surface area contributed by atoms with Crippen molar-refractivity contribution in [2.75, 3.05) is 13.2 Å². The second-order valence-corrected chi connectivity index (χ2v) is 6.19. The van der Waals surface area contributed by atoms with Crippen LogP contribution in [0.15, 0.2) is 18.5 Å². The van der Waals surface area contributed by atoms with Gasteiger partial charge in [0, 0.05) is 12.8 Å². The third kappa shape index (κ3) is 5.26. The van der Waals surface area contributed by atoms with Crippen LogP contribution in [0.2, 0.25) is 0 Å². The summed E-state index contributed by atoms with van der Waals surface area (Å²) in [5.41, 5.74) is 3.80. The van der Waals surface area contributed by atoms with Gasteiger partial charge in [-0.1, -0.05) is 27.7 Å². The highest BCUT2D eigenvalue weighted by Crippen LogP contribution is 2.33. The van der Waals surface area contributed by atoms with E-state index in [-0.39, 0.29) is 17.6 Å². The lowest BCUT2D eigenvalue weighted by Crippen LogP contribution is -2.44. The van der Waals surface area contributed by atoms with Crippen LogP contribution in [0.5, 0.6) is 5.75 Å². The average Bonchev–Trinajstić information content (AvgIpc) is 2.44. The Bertz CT molecular complexity index is 418. The lowest BCUT2D eigenvalue weighted by Gasteiger charge is -2.36. The Morgan fingerprint density at radius 1 is 1.29 bits per heavy atom. The number of rotatable bonds is 8. The maximum atomic E-state index is 5.92. The van der Waals surface area contributed by atoms with E-state index in [1.165, 1.54) is 0 Å². The third-order valence-electron chi connectivity index (χ3n) is 3.25. The number of hydrogen-bond acceptors (Lipinski definition) is 5. The Morgan fingerprint density at radius 3 is 2.52 bits per heavy atom. The second-order valence-electron chi connectivity index (χ2n) is 6.19. The summed E-state index contributed by atoms with van der Waals surface area (Å²) in [6, 6.07) is 1.84. The molecule has 0 bridgehead atoms. The van der Waals surface area contributed by atoms with Crippen LogP contribution < -0.4 is 16.0 Å². The molecule has 0 aliphatic heterocycles. The Balaban J connectivity index is 3.01. The minimum Gasteiger partial charge on any atom is -0.492 e. The molecule has 0 amide bonds. The molecule has 0 aromatic carbocycles. The largest absolute Gasteiger partial charge is 0.492 e. The predicted octanol–water partition coefficient (Wildman–Crippen LogP) is 2.83. The fourth-order valence-corrected chi connectivity index (χ4v) is 2.29. The Hall–Kier alpha value is -1.17.